The van der Waals surface area contributed by atoms with Gasteiger partial charge in [-0.15, -0.1) is 0 Å². The predicted octanol–water partition coefficient (Wildman–Crippen LogP) is 2.23. The molecule has 0 spiro atoms. The van der Waals surface area contributed by atoms with E-state index in [0.29, 0.717) is 0 Å². The van der Waals surface area contributed by atoms with Crippen molar-refractivity contribution in [3.8, 4) is 0 Å². The summed E-state index contributed by atoms with van der Waals surface area (Å²) in [6, 6.07) is 7.40. The van der Waals surface area contributed by atoms with Gasteiger partial charge in [0.2, 0.25) is 11.6 Å². The molecule has 4 rings (SSSR count). The van der Waals surface area contributed by atoms with Crippen molar-refractivity contribution in [3.63, 3.8) is 0 Å². The van der Waals surface area contributed by atoms with Crippen LogP contribution in [-0.4, -0.2) is 23.3 Å². The Morgan fingerprint density at radius 2 is 1.62 bits per heavy atom. The van der Waals surface area contributed by atoms with Crippen molar-refractivity contribution in [2.45, 2.75) is 20.0 Å². The fraction of sp³-hybridized carbons (Fsp3) is 0.150. The highest BCUT2D eigenvalue weighted by Gasteiger charge is 2.34. The van der Waals surface area contributed by atoms with E-state index in [0.717, 1.165) is 6.07 Å². The van der Waals surface area contributed by atoms with E-state index in [1.54, 1.807) is 12.1 Å². The zero-order chi connectivity index (χ0) is 20.7. The van der Waals surface area contributed by atoms with Crippen LogP contribution >= 0.6 is 0 Å². The second kappa shape index (κ2) is 6.86. The van der Waals surface area contributed by atoms with E-state index in [4.69, 9.17) is 9.15 Å². The number of fused-ring (bicyclic) bond motifs is 2. The van der Waals surface area contributed by atoms with Gasteiger partial charge in [0.1, 0.15) is 6.42 Å². The van der Waals surface area contributed by atoms with Crippen molar-refractivity contribution in [3.05, 3.63) is 80.7 Å². The second-order valence-corrected chi connectivity index (χ2v) is 6.25. The number of esters is 1. The third kappa shape index (κ3) is 3.22. The van der Waals surface area contributed by atoms with Gasteiger partial charge in [-0.2, -0.15) is 0 Å². The minimum absolute atomic E-state index is 0.0261. The number of hydrogen-bond acceptors (Lipinski definition) is 9. The minimum atomic E-state index is -0.930. The Morgan fingerprint density at radius 1 is 0.931 bits per heavy atom. The fourth-order valence-electron chi connectivity index (χ4n) is 2.93. The summed E-state index contributed by atoms with van der Waals surface area (Å²) in [5.74, 6) is -3.90. The SMILES string of the molecule is Cc1oc(=O)oc1COC(=O)CC(=O)c1cc2c(o1)C(=O)c1ccccc1C2=O. The first-order valence-electron chi connectivity index (χ1n) is 8.45. The average Bonchev–Trinajstić information content (AvgIpc) is 3.28. The van der Waals surface area contributed by atoms with E-state index in [-0.39, 0.29) is 46.3 Å². The zero-order valence-corrected chi connectivity index (χ0v) is 15.0. The highest BCUT2D eigenvalue weighted by molar-refractivity contribution is 6.28. The molecule has 0 saturated heterocycles. The van der Waals surface area contributed by atoms with Crippen molar-refractivity contribution in [1.29, 1.82) is 0 Å². The summed E-state index contributed by atoms with van der Waals surface area (Å²) < 4.78 is 19.5. The Balaban J connectivity index is 1.48. The number of hydrogen-bond donors (Lipinski definition) is 0. The Hall–Kier alpha value is -4.01. The number of carbonyl (C=O) groups is 4. The molecule has 0 amide bonds. The number of furan rings is 1. The summed E-state index contributed by atoms with van der Waals surface area (Å²) in [4.78, 5) is 60.2. The predicted molar refractivity (Wildman–Crippen MR) is 92.7 cm³/mol. The number of ketones is 3. The van der Waals surface area contributed by atoms with Crippen LogP contribution in [0.15, 0.2) is 48.4 Å². The first-order chi connectivity index (χ1) is 13.8. The number of rotatable bonds is 5. The highest BCUT2D eigenvalue weighted by atomic mass is 16.6. The van der Waals surface area contributed by atoms with Gasteiger partial charge >= 0.3 is 11.8 Å². The van der Waals surface area contributed by atoms with Crippen LogP contribution in [0.5, 0.6) is 0 Å². The van der Waals surface area contributed by atoms with Gasteiger partial charge in [-0.1, -0.05) is 24.3 Å². The Kier molecular flexibility index (Phi) is 4.34. The molecule has 1 aliphatic rings. The van der Waals surface area contributed by atoms with Gasteiger partial charge in [-0.25, -0.2) is 4.79 Å². The van der Waals surface area contributed by atoms with Crippen molar-refractivity contribution in [1.82, 2.24) is 0 Å². The molecule has 0 N–H and O–H groups in total. The highest BCUT2D eigenvalue weighted by Crippen LogP contribution is 2.30. The van der Waals surface area contributed by atoms with E-state index in [9.17, 15) is 24.0 Å². The Labute approximate surface area is 161 Å². The fourth-order valence-corrected chi connectivity index (χ4v) is 2.93. The van der Waals surface area contributed by atoms with E-state index < -0.39 is 35.6 Å². The lowest BCUT2D eigenvalue weighted by molar-refractivity contribution is -0.144. The third-order valence-electron chi connectivity index (χ3n) is 4.38. The van der Waals surface area contributed by atoms with Crippen LogP contribution in [0.3, 0.4) is 0 Å². The van der Waals surface area contributed by atoms with Crippen LogP contribution in [0.4, 0.5) is 0 Å². The van der Waals surface area contributed by atoms with Crippen LogP contribution in [0.2, 0.25) is 0 Å². The van der Waals surface area contributed by atoms with Crippen molar-refractivity contribution in [2.24, 2.45) is 0 Å². The number of carbonyl (C=O) groups excluding carboxylic acids is 4. The molecule has 0 unspecified atom stereocenters. The molecule has 0 atom stereocenters. The maximum Gasteiger partial charge on any atom is 0.519 e. The molecule has 9 nitrogen and oxygen atoms in total. The number of aryl methyl sites for hydroxylation is 1. The lowest BCUT2D eigenvalue weighted by Gasteiger charge is -2.11. The molecule has 0 radical (unpaired) electrons. The summed E-state index contributed by atoms with van der Waals surface area (Å²) in [6.07, 6.45) is -0.692. The van der Waals surface area contributed by atoms with Crippen LogP contribution in [0, 0.1) is 6.92 Å². The molecule has 1 aliphatic carbocycles. The molecule has 2 aromatic heterocycles. The Bertz CT molecular complexity index is 1180. The quantitative estimate of drug-likeness (QED) is 0.283. The van der Waals surface area contributed by atoms with E-state index in [2.05, 4.69) is 8.83 Å². The second-order valence-electron chi connectivity index (χ2n) is 6.25. The van der Waals surface area contributed by atoms with Gasteiger partial charge in [0.05, 0.1) is 5.56 Å². The topological polar surface area (TPSA) is 134 Å². The standard InChI is InChI=1S/C20H12O9/c1-9-15(29-20(25)27-9)8-26-16(22)7-13(21)14-6-12-17(23)10-4-2-3-5-11(10)18(24)19(12)28-14/h2-6H,7-8H2,1H3. The zero-order valence-electron chi connectivity index (χ0n) is 15.0. The maximum atomic E-state index is 12.5. The molecular formula is C20H12O9. The van der Waals surface area contributed by atoms with Gasteiger partial charge < -0.3 is 18.0 Å². The van der Waals surface area contributed by atoms with Gasteiger partial charge in [-0.3, -0.25) is 19.2 Å². The molecule has 0 aliphatic heterocycles. The molecule has 2 heterocycles. The number of benzene rings is 1. The van der Waals surface area contributed by atoms with E-state index >= 15 is 0 Å². The molecule has 29 heavy (non-hydrogen) atoms. The molecule has 0 saturated carbocycles. The first-order valence-corrected chi connectivity index (χ1v) is 8.45. The molecule has 146 valence electrons. The van der Waals surface area contributed by atoms with Crippen molar-refractivity contribution >= 4 is 23.3 Å². The third-order valence-corrected chi connectivity index (χ3v) is 4.38. The van der Waals surface area contributed by atoms with Crippen LogP contribution in [0.1, 0.15) is 60.5 Å². The number of ether oxygens (including phenoxy) is 1. The summed E-state index contributed by atoms with van der Waals surface area (Å²) >= 11 is 0. The summed E-state index contributed by atoms with van der Waals surface area (Å²) in [5.41, 5.74) is 0.386. The Morgan fingerprint density at radius 3 is 2.28 bits per heavy atom. The average molecular weight is 396 g/mol. The molecular weight excluding hydrogens is 384 g/mol. The summed E-state index contributed by atoms with van der Waals surface area (Å²) in [6.45, 7) is 1.07. The molecule has 9 heteroatoms. The van der Waals surface area contributed by atoms with E-state index in [1.165, 1.54) is 19.1 Å². The van der Waals surface area contributed by atoms with Crippen LogP contribution in [-0.2, 0) is 16.1 Å². The molecule has 3 aromatic rings. The van der Waals surface area contributed by atoms with Gasteiger partial charge in [0.25, 0.3) is 0 Å². The molecule has 0 fully saturated rings. The van der Waals surface area contributed by atoms with Crippen molar-refractivity contribution in [2.75, 3.05) is 0 Å². The summed E-state index contributed by atoms with van der Waals surface area (Å²) in [5, 5.41) is 0. The number of Topliss-reactive ketones (excluding diaryl/α,β-unsaturated/α-hetero) is 1. The van der Waals surface area contributed by atoms with E-state index in [1.807, 2.05) is 0 Å². The lowest BCUT2D eigenvalue weighted by atomic mass is 9.88. The molecule has 0 bridgehead atoms. The normalized spacial score (nSPS) is 12.4. The smallest absolute Gasteiger partial charge is 0.457 e. The minimum Gasteiger partial charge on any atom is -0.457 e. The first kappa shape index (κ1) is 18.4. The monoisotopic (exact) mass is 396 g/mol. The molecule has 1 aromatic carbocycles. The maximum absolute atomic E-state index is 12.5. The summed E-state index contributed by atoms with van der Waals surface area (Å²) in [7, 11) is 0. The van der Waals surface area contributed by atoms with Crippen LogP contribution < -0.4 is 5.82 Å². The van der Waals surface area contributed by atoms with Gasteiger partial charge in [0, 0.05) is 11.1 Å². The lowest BCUT2D eigenvalue weighted by Crippen LogP contribution is -2.18. The van der Waals surface area contributed by atoms with Gasteiger partial charge in [-0.05, 0) is 13.0 Å². The van der Waals surface area contributed by atoms with Crippen LogP contribution in [0.25, 0.3) is 0 Å². The van der Waals surface area contributed by atoms with Crippen molar-refractivity contribution < 1.29 is 37.2 Å². The van der Waals surface area contributed by atoms with Gasteiger partial charge in [0.15, 0.2) is 35.4 Å². The largest absolute Gasteiger partial charge is 0.519 e.